The van der Waals surface area contributed by atoms with E-state index >= 15 is 0 Å². The van der Waals surface area contributed by atoms with Gasteiger partial charge >= 0.3 is 12.1 Å². The van der Waals surface area contributed by atoms with E-state index in [2.05, 4.69) is 20.8 Å². The highest BCUT2D eigenvalue weighted by molar-refractivity contribution is 5.76. The van der Waals surface area contributed by atoms with Crippen LogP contribution < -0.4 is 0 Å². The van der Waals surface area contributed by atoms with Gasteiger partial charge in [-0.05, 0) is 65.2 Å². The van der Waals surface area contributed by atoms with E-state index in [0.29, 0.717) is 25.9 Å². The van der Waals surface area contributed by atoms with E-state index in [4.69, 9.17) is 9.47 Å². The Balaban J connectivity index is 2.92. The fourth-order valence-electron chi connectivity index (χ4n) is 4.20. The van der Waals surface area contributed by atoms with E-state index in [1.54, 1.807) is 4.90 Å². The van der Waals surface area contributed by atoms with Crippen molar-refractivity contribution in [1.29, 1.82) is 0 Å². The van der Waals surface area contributed by atoms with E-state index in [1.807, 2.05) is 27.7 Å². The lowest BCUT2D eigenvalue weighted by atomic mass is 9.86. The number of unbranched alkanes of at least 4 members (excludes halogenated alkanes) is 3. The predicted molar refractivity (Wildman–Crippen MR) is 127 cm³/mol. The second-order valence-electron chi connectivity index (χ2n) is 10.2. The molecule has 1 heterocycles. The number of ether oxygens (including phenoxy) is 2. The molecule has 1 aliphatic rings. The number of amides is 1. The Bertz CT molecular complexity index is 538. The van der Waals surface area contributed by atoms with E-state index in [1.165, 1.54) is 0 Å². The average Bonchev–Trinajstić information content (AvgIpc) is 3.19. The van der Waals surface area contributed by atoms with Crippen LogP contribution in [0.1, 0.15) is 126 Å². The van der Waals surface area contributed by atoms with Crippen LogP contribution in [0.3, 0.4) is 0 Å². The number of hydrogen-bond acceptors (Lipinski definition) is 4. The van der Waals surface area contributed by atoms with Crippen LogP contribution in [0.15, 0.2) is 0 Å². The molecule has 5 heteroatoms. The number of carbonyl (C=O) groups excluding carboxylic acids is 2. The summed E-state index contributed by atoms with van der Waals surface area (Å²) in [5, 5.41) is 0. The van der Waals surface area contributed by atoms with Crippen molar-refractivity contribution in [2.24, 2.45) is 5.41 Å². The van der Waals surface area contributed by atoms with Crippen LogP contribution in [-0.4, -0.2) is 41.3 Å². The monoisotopic (exact) mass is 439 g/mol. The minimum Gasteiger partial charge on any atom is -0.457 e. The van der Waals surface area contributed by atoms with Gasteiger partial charge in [0.1, 0.15) is 11.2 Å². The summed E-state index contributed by atoms with van der Waals surface area (Å²) in [6.45, 7) is 15.5. The average molecular weight is 440 g/mol. The van der Waals surface area contributed by atoms with Gasteiger partial charge < -0.3 is 14.4 Å². The number of nitrogens with zero attached hydrogens (tertiary/aromatic N) is 1. The van der Waals surface area contributed by atoms with Crippen LogP contribution in [0.4, 0.5) is 4.79 Å². The second-order valence-corrected chi connectivity index (χ2v) is 10.2. The molecule has 0 saturated carbocycles. The largest absolute Gasteiger partial charge is 0.457 e. The Morgan fingerprint density at radius 3 is 1.84 bits per heavy atom. The number of carbonyl (C=O) groups is 2. The van der Waals surface area contributed by atoms with Gasteiger partial charge in [0.25, 0.3) is 0 Å². The van der Waals surface area contributed by atoms with Gasteiger partial charge in [0.2, 0.25) is 0 Å². The molecule has 1 atom stereocenters. The maximum Gasteiger partial charge on any atom is 0.410 e. The lowest BCUT2D eigenvalue weighted by molar-refractivity contribution is -0.170. The van der Waals surface area contributed by atoms with Crippen molar-refractivity contribution >= 4 is 12.1 Å². The summed E-state index contributed by atoms with van der Waals surface area (Å²) in [6, 6.07) is 0. The van der Waals surface area contributed by atoms with E-state index in [9.17, 15) is 9.59 Å². The van der Waals surface area contributed by atoms with Crippen LogP contribution in [-0.2, 0) is 14.3 Å². The second kappa shape index (κ2) is 12.7. The normalized spacial score (nSPS) is 19.5. The van der Waals surface area contributed by atoms with Gasteiger partial charge in [-0.1, -0.05) is 53.9 Å². The minimum absolute atomic E-state index is 0.171. The topological polar surface area (TPSA) is 55.8 Å². The van der Waals surface area contributed by atoms with E-state index in [-0.39, 0.29) is 17.7 Å². The first-order valence-electron chi connectivity index (χ1n) is 12.8. The summed E-state index contributed by atoms with van der Waals surface area (Å²) in [5.74, 6) is -0.171. The molecular weight excluding hydrogens is 390 g/mol. The molecule has 182 valence electrons. The fourth-order valence-corrected chi connectivity index (χ4v) is 4.20. The van der Waals surface area contributed by atoms with Crippen molar-refractivity contribution < 1.29 is 19.1 Å². The standard InChI is InChI=1S/C26H49NO4/c1-8-13-16-26(17-14-9-2,18-15-10-3)31-23(29)27-20-19-25(12-5,21-27)30-22(28)24(6,7)11-4/h8-21H2,1-7H3. The summed E-state index contributed by atoms with van der Waals surface area (Å²) in [4.78, 5) is 27.7. The number of hydrogen-bond donors (Lipinski definition) is 0. The summed E-state index contributed by atoms with van der Waals surface area (Å²) in [5.41, 5.74) is -1.47. The molecule has 5 nitrogen and oxygen atoms in total. The van der Waals surface area contributed by atoms with Crippen molar-refractivity contribution in [3.05, 3.63) is 0 Å². The maximum absolute atomic E-state index is 13.3. The molecule has 31 heavy (non-hydrogen) atoms. The van der Waals surface area contributed by atoms with Crippen LogP contribution >= 0.6 is 0 Å². The SMILES string of the molecule is CCCCC(CCCC)(CCCC)OC(=O)N1CCC(CC)(OC(=O)C(C)(C)CC)C1. The molecular formula is C26H49NO4. The molecule has 0 aliphatic carbocycles. The highest BCUT2D eigenvalue weighted by Crippen LogP contribution is 2.36. The van der Waals surface area contributed by atoms with Gasteiger partial charge in [0, 0.05) is 13.0 Å². The first kappa shape index (κ1) is 27.8. The fraction of sp³-hybridized carbons (Fsp3) is 0.923. The molecule has 1 rings (SSSR count). The summed E-state index contributed by atoms with van der Waals surface area (Å²) < 4.78 is 12.3. The molecule has 1 amide bonds. The first-order chi connectivity index (χ1) is 14.6. The lowest BCUT2D eigenvalue weighted by Crippen LogP contribution is -2.45. The zero-order valence-electron chi connectivity index (χ0n) is 21.5. The van der Waals surface area contributed by atoms with Gasteiger partial charge in [-0.2, -0.15) is 0 Å². The molecule has 1 unspecified atom stereocenters. The Labute approximate surface area is 191 Å². The van der Waals surface area contributed by atoms with Crippen molar-refractivity contribution in [3.8, 4) is 0 Å². The van der Waals surface area contributed by atoms with Crippen LogP contribution in [0.5, 0.6) is 0 Å². The third-order valence-electron chi connectivity index (χ3n) is 7.23. The Kier molecular flexibility index (Phi) is 11.4. The maximum atomic E-state index is 13.3. The quantitative estimate of drug-likeness (QED) is 0.267. The number of rotatable bonds is 14. The van der Waals surface area contributed by atoms with Crippen molar-refractivity contribution in [3.63, 3.8) is 0 Å². The molecule has 0 aromatic carbocycles. The van der Waals surface area contributed by atoms with E-state index < -0.39 is 11.0 Å². The van der Waals surface area contributed by atoms with Crippen molar-refractivity contribution in [2.75, 3.05) is 13.1 Å². The zero-order chi connectivity index (χ0) is 23.5. The molecule has 0 bridgehead atoms. The van der Waals surface area contributed by atoms with E-state index in [0.717, 1.165) is 64.2 Å². The van der Waals surface area contributed by atoms with Gasteiger partial charge in [-0.3, -0.25) is 4.79 Å². The van der Waals surface area contributed by atoms with Crippen LogP contribution in [0.2, 0.25) is 0 Å². The number of esters is 1. The molecule has 0 radical (unpaired) electrons. The smallest absolute Gasteiger partial charge is 0.410 e. The van der Waals surface area contributed by atoms with Crippen LogP contribution in [0.25, 0.3) is 0 Å². The molecule has 1 fully saturated rings. The van der Waals surface area contributed by atoms with Gasteiger partial charge in [-0.25, -0.2) is 4.79 Å². The Morgan fingerprint density at radius 2 is 1.42 bits per heavy atom. The minimum atomic E-state index is -0.596. The predicted octanol–water partition coefficient (Wildman–Crippen LogP) is 7.27. The van der Waals surface area contributed by atoms with Gasteiger partial charge in [0.05, 0.1) is 12.0 Å². The Hall–Kier alpha value is -1.26. The first-order valence-corrected chi connectivity index (χ1v) is 12.8. The molecule has 1 saturated heterocycles. The summed E-state index contributed by atoms with van der Waals surface area (Å²) in [7, 11) is 0. The molecule has 1 aliphatic heterocycles. The highest BCUT2D eigenvalue weighted by Gasteiger charge is 2.46. The molecule has 0 N–H and O–H groups in total. The van der Waals surface area contributed by atoms with Gasteiger partial charge in [0.15, 0.2) is 0 Å². The molecule has 0 aromatic rings. The van der Waals surface area contributed by atoms with Gasteiger partial charge in [-0.15, -0.1) is 0 Å². The van der Waals surface area contributed by atoms with Crippen molar-refractivity contribution in [1.82, 2.24) is 4.90 Å². The van der Waals surface area contributed by atoms with Crippen LogP contribution in [0, 0.1) is 5.41 Å². The third-order valence-corrected chi connectivity index (χ3v) is 7.23. The molecule has 0 spiro atoms. The number of likely N-dealkylation sites (tertiary alicyclic amines) is 1. The highest BCUT2D eigenvalue weighted by atomic mass is 16.6. The Morgan fingerprint density at radius 1 is 0.903 bits per heavy atom. The third kappa shape index (κ3) is 7.98. The molecule has 0 aromatic heterocycles. The summed E-state index contributed by atoms with van der Waals surface area (Å²) >= 11 is 0. The lowest BCUT2D eigenvalue weighted by Gasteiger charge is -2.36. The van der Waals surface area contributed by atoms with Crippen molar-refractivity contribution in [2.45, 2.75) is 137 Å². The summed E-state index contributed by atoms with van der Waals surface area (Å²) in [6.07, 6.45) is 11.2. The zero-order valence-corrected chi connectivity index (χ0v) is 21.5.